The van der Waals surface area contributed by atoms with Gasteiger partial charge in [-0.1, -0.05) is 13.5 Å². The lowest BCUT2D eigenvalue weighted by atomic mass is 10.2. The highest BCUT2D eigenvalue weighted by Gasteiger charge is 2.02. The molecule has 0 radical (unpaired) electrons. The topological polar surface area (TPSA) is 69.4 Å². The van der Waals surface area contributed by atoms with E-state index in [1.165, 1.54) is 0 Å². The summed E-state index contributed by atoms with van der Waals surface area (Å²) in [5.74, 6) is -1.20. The van der Waals surface area contributed by atoms with Gasteiger partial charge >= 0.3 is 5.97 Å². The van der Waals surface area contributed by atoms with Crippen LogP contribution in [0.5, 0.6) is 0 Å². The second-order valence-corrected chi connectivity index (χ2v) is 2.00. The summed E-state index contributed by atoms with van der Waals surface area (Å²) in [6.45, 7) is 4.92. The van der Waals surface area contributed by atoms with E-state index < -0.39 is 11.9 Å². The van der Waals surface area contributed by atoms with E-state index in [2.05, 4.69) is 11.3 Å². The SMILES string of the molecule is C=CC(=O)O/C=C(\CC)C(N)=O. The summed E-state index contributed by atoms with van der Waals surface area (Å²) in [6, 6.07) is 0. The molecule has 0 saturated carbocycles. The molecule has 0 spiro atoms. The van der Waals surface area contributed by atoms with Crippen LogP contribution in [0.2, 0.25) is 0 Å². The van der Waals surface area contributed by atoms with Crippen molar-refractivity contribution >= 4 is 11.9 Å². The first-order chi connectivity index (χ1) is 5.61. The molecule has 0 bridgehead atoms. The van der Waals surface area contributed by atoms with Gasteiger partial charge in [0.25, 0.3) is 0 Å². The van der Waals surface area contributed by atoms with Gasteiger partial charge < -0.3 is 10.5 Å². The molecule has 4 nitrogen and oxygen atoms in total. The van der Waals surface area contributed by atoms with Crippen molar-refractivity contribution in [1.29, 1.82) is 0 Å². The number of carbonyl (C=O) groups is 2. The van der Waals surface area contributed by atoms with E-state index in [-0.39, 0.29) is 5.57 Å². The van der Waals surface area contributed by atoms with Crippen LogP contribution in [0.15, 0.2) is 24.5 Å². The maximum absolute atomic E-state index is 10.6. The van der Waals surface area contributed by atoms with Crippen molar-refractivity contribution in [3.8, 4) is 0 Å². The second kappa shape index (κ2) is 5.12. The van der Waals surface area contributed by atoms with E-state index in [1.54, 1.807) is 6.92 Å². The number of hydrogen-bond donors (Lipinski definition) is 1. The molecule has 0 aromatic heterocycles. The fourth-order valence-electron chi connectivity index (χ4n) is 0.493. The van der Waals surface area contributed by atoms with Crippen molar-refractivity contribution in [3.05, 3.63) is 24.5 Å². The molecule has 66 valence electrons. The van der Waals surface area contributed by atoms with E-state index in [9.17, 15) is 9.59 Å². The van der Waals surface area contributed by atoms with Gasteiger partial charge in [0, 0.05) is 6.08 Å². The van der Waals surface area contributed by atoms with Crippen LogP contribution in [-0.4, -0.2) is 11.9 Å². The predicted octanol–water partition coefficient (Wildman–Crippen LogP) is 0.495. The number of ether oxygens (including phenoxy) is 1. The summed E-state index contributed by atoms with van der Waals surface area (Å²) >= 11 is 0. The Hall–Kier alpha value is -1.58. The van der Waals surface area contributed by atoms with Crippen LogP contribution in [0.4, 0.5) is 0 Å². The van der Waals surface area contributed by atoms with Gasteiger partial charge in [0.15, 0.2) is 0 Å². The molecule has 4 heteroatoms. The third kappa shape index (κ3) is 3.55. The van der Waals surface area contributed by atoms with Gasteiger partial charge in [-0.25, -0.2) is 4.79 Å². The number of nitrogens with two attached hydrogens (primary N) is 1. The molecule has 0 aliphatic heterocycles. The summed E-state index contributed by atoms with van der Waals surface area (Å²) in [5, 5.41) is 0. The zero-order valence-electron chi connectivity index (χ0n) is 6.87. The molecule has 0 aromatic rings. The molecular weight excluding hydrogens is 158 g/mol. The molecule has 0 saturated heterocycles. The second-order valence-electron chi connectivity index (χ2n) is 2.00. The summed E-state index contributed by atoms with van der Waals surface area (Å²) < 4.78 is 4.49. The van der Waals surface area contributed by atoms with E-state index in [0.717, 1.165) is 12.3 Å². The Morgan fingerprint density at radius 3 is 2.50 bits per heavy atom. The number of esters is 1. The monoisotopic (exact) mass is 169 g/mol. The lowest BCUT2D eigenvalue weighted by Crippen LogP contribution is -2.14. The number of primary amides is 1. The third-order valence-corrected chi connectivity index (χ3v) is 1.18. The summed E-state index contributed by atoms with van der Waals surface area (Å²) in [5.41, 5.74) is 5.22. The van der Waals surface area contributed by atoms with Crippen molar-refractivity contribution in [3.63, 3.8) is 0 Å². The predicted molar refractivity (Wildman–Crippen MR) is 43.9 cm³/mol. The number of carbonyl (C=O) groups excluding carboxylic acids is 2. The molecule has 0 atom stereocenters. The lowest BCUT2D eigenvalue weighted by Gasteiger charge is -1.97. The number of hydrogen-bond acceptors (Lipinski definition) is 3. The zero-order valence-corrected chi connectivity index (χ0v) is 6.87. The quantitative estimate of drug-likeness (QED) is 0.378. The van der Waals surface area contributed by atoms with E-state index in [0.29, 0.717) is 6.42 Å². The van der Waals surface area contributed by atoms with Crippen LogP contribution in [0.1, 0.15) is 13.3 Å². The fraction of sp³-hybridized carbons (Fsp3) is 0.250. The molecular formula is C8H11NO3. The van der Waals surface area contributed by atoms with Crippen molar-refractivity contribution in [2.45, 2.75) is 13.3 Å². The third-order valence-electron chi connectivity index (χ3n) is 1.18. The number of amides is 1. The number of rotatable bonds is 4. The zero-order chi connectivity index (χ0) is 9.56. The summed E-state index contributed by atoms with van der Waals surface area (Å²) in [6.07, 6.45) is 2.48. The van der Waals surface area contributed by atoms with E-state index >= 15 is 0 Å². The summed E-state index contributed by atoms with van der Waals surface area (Å²) in [7, 11) is 0. The van der Waals surface area contributed by atoms with Crippen molar-refractivity contribution in [2.75, 3.05) is 0 Å². The van der Waals surface area contributed by atoms with Crippen LogP contribution in [0.25, 0.3) is 0 Å². The molecule has 0 aromatic carbocycles. The summed E-state index contributed by atoms with van der Waals surface area (Å²) in [4.78, 5) is 21.1. The van der Waals surface area contributed by atoms with Gasteiger partial charge in [-0.2, -0.15) is 0 Å². The first-order valence-corrected chi connectivity index (χ1v) is 3.43. The molecule has 0 aliphatic carbocycles. The average Bonchev–Trinajstić information content (AvgIpc) is 2.04. The molecule has 1 amide bonds. The van der Waals surface area contributed by atoms with Crippen LogP contribution in [0.3, 0.4) is 0 Å². The van der Waals surface area contributed by atoms with E-state index in [4.69, 9.17) is 5.73 Å². The van der Waals surface area contributed by atoms with Gasteiger partial charge in [0.2, 0.25) is 5.91 Å². The van der Waals surface area contributed by atoms with Gasteiger partial charge in [-0.15, -0.1) is 0 Å². The minimum Gasteiger partial charge on any atom is -0.431 e. The molecule has 0 unspecified atom stereocenters. The Balaban J connectivity index is 4.21. The highest BCUT2D eigenvalue weighted by molar-refractivity contribution is 5.92. The Labute approximate surface area is 70.7 Å². The van der Waals surface area contributed by atoms with Gasteiger partial charge in [0.05, 0.1) is 5.57 Å². The first-order valence-electron chi connectivity index (χ1n) is 3.43. The molecule has 2 N–H and O–H groups in total. The van der Waals surface area contributed by atoms with Crippen molar-refractivity contribution in [2.24, 2.45) is 5.73 Å². The van der Waals surface area contributed by atoms with Crippen molar-refractivity contribution < 1.29 is 14.3 Å². The first kappa shape index (κ1) is 10.4. The molecule has 12 heavy (non-hydrogen) atoms. The van der Waals surface area contributed by atoms with Crippen LogP contribution in [0, 0.1) is 0 Å². The fourth-order valence-corrected chi connectivity index (χ4v) is 0.493. The molecule has 0 aliphatic rings. The Morgan fingerprint density at radius 1 is 1.58 bits per heavy atom. The molecule has 0 heterocycles. The Bertz CT molecular complexity index is 230. The highest BCUT2D eigenvalue weighted by Crippen LogP contribution is 1.99. The smallest absolute Gasteiger partial charge is 0.334 e. The van der Waals surface area contributed by atoms with Crippen LogP contribution in [-0.2, 0) is 14.3 Å². The van der Waals surface area contributed by atoms with E-state index in [1.807, 2.05) is 0 Å². The molecule has 0 fully saturated rings. The average molecular weight is 169 g/mol. The van der Waals surface area contributed by atoms with Gasteiger partial charge in [-0.3, -0.25) is 4.79 Å². The Kier molecular flexibility index (Phi) is 4.45. The maximum Gasteiger partial charge on any atom is 0.334 e. The largest absolute Gasteiger partial charge is 0.431 e. The highest BCUT2D eigenvalue weighted by atomic mass is 16.5. The normalized spacial score (nSPS) is 10.6. The maximum atomic E-state index is 10.6. The van der Waals surface area contributed by atoms with Gasteiger partial charge in [0.1, 0.15) is 6.26 Å². The Morgan fingerprint density at radius 2 is 2.17 bits per heavy atom. The van der Waals surface area contributed by atoms with Crippen LogP contribution < -0.4 is 5.73 Å². The minimum atomic E-state index is -0.609. The van der Waals surface area contributed by atoms with Gasteiger partial charge in [-0.05, 0) is 6.42 Å². The van der Waals surface area contributed by atoms with Crippen molar-refractivity contribution in [1.82, 2.24) is 0 Å². The standard InChI is InChI=1S/C8H11NO3/c1-3-6(8(9)11)5-12-7(10)4-2/h4-5H,2-3H2,1H3,(H2,9,11)/b6-5+. The van der Waals surface area contributed by atoms with Crippen LogP contribution >= 0.6 is 0 Å². The molecule has 0 rings (SSSR count). The lowest BCUT2D eigenvalue weighted by molar-refractivity contribution is -0.132. The minimum absolute atomic E-state index is 0.269.